The van der Waals surface area contributed by atoms with Crippen LogP contribution in [-0.2, 0) is 16.6 Å². The normalized spacial score (nSPS) is 12.4. The lowest BCUT2D eigenvalue weighted by atomic mass is 10.3. The molecule has 0 spiro atoms. The molecule has 0 fully saturated rings. The van der Waals surface area contributed by atoms with E-state index in [0.29, 0.717) is 12.4 Å². The zero-order valence-electron chi connectivity index (χ0n) is 10.5. The molecule has 96 valence electrons. The minimum absolute atomic E-state index is 0.198. The summed E-state index contributed by atoms with van der Waals surface area (Å²) in [4.78, 5) is 15.9. The molecular formula is C11H19N3O2S. The van der Waals surface area contributed by atoms with Gasteiger partial charge >= 0.3 is 5.97 Å². The Morgan fingerprint density at radius 1 is 1.65 bits per heavy atom. The van der Waals surface area contributed by atoms with Gasteiger partial charge in [-0.1, -0.05) is 18.7 Å². The highest BCUT2D eigenvalue weighted by Gasteiger charge is 2.19. The highest BCUT2D eigenvalue weighted by atomic mass is 32.2. The van der Waals surface area contributed by atoms with Crippen molar-refractivity contribution in [1.82, 2.24) is 14.9 Å². The highest BCUT2D eigenvalue weighted by molar-refractivity contribution is 7.99. The van der Waals surface area contributed by atoms with Gasteiger partial charge in [0.05, 0.1) is 6.61 Å². The molecule has 0 saturated heterocycles. The van der Waals surface area contributed by atoms with E-state index in [1.807, 2.05) is 31.7 Å². The van der Waals surface area contributed by atoms with E-state index >= 15 is 0 Å². The summed E-state index contributed by atoms with van der Waals surface area (Å²) in [7, 11) is 1.93. The Morgan fingerprint density at radius 2 is 2.41 bits per heavy atom. The molecule has 1 unspecified atom stereocenters. The summed E-state index contributed by atoms with van der Waals surface area (Å²) in [6.07, 6.45) is 3.63. The van der Waals surface area contributed by atoms with E-state index in [9.17, 15) is 4.79 Å². The van der Waals surface area contributed by atoms with E-state index in [4.69, 9.17) is 4.74 Å². The van der Waals surface area contributed by atoms with Crippen molar-refractivity contribution in [2.24, 2.45) is 7.05 Å². The van der Waals surface area contributed by atoms with Gasteiger partial charge in [0, 0.05) is 25.2 Å². The third-order valence-electron chi connectivity index (χ3n) is 2.18. The van der Waals surface area contributed by atoms with Crippen LogP contribution in [0.3, 0.4) is 0 Å². The Labute approximate surface area is 106 Å². The van der Waals surface area contributed by atoms with Crippen LogP contribution in [0.2, 0.25) is 0 Å². The lowest BCUT2D eigenvalue weighted by molar-refractivity contribution is -0.144. The SMILES string of the molecule is CCNC(CSc1nccn1C)C(=O)OCC. The van der Waals surface area contributed by atoms with Crippen molar-refractivity contribution in [3.63, 3.8) is 0 Å². The molecule has 5 nitrogen and oxygen atoms in total. The van der Waals surface area contributed by atoms with E-state index in [1.54, 1.807) is 18.0 Å². The summed E-state index contributed by atoms with van der Waals surface area (Å²) in [6.45, 7) is 4.93. The lowest BCUT2D eigenvalue weighted by Gasteiger charge is -2.15. The average Bonchev–Trinajstić information content (AvgIpc) is 2.70. The van der Waals surface area contributed by atoms with Crippen molar-refractivity contribution in [1.29, 1.82) is 0 Å². The van der Waals surface area contributed by atoms with Gasteiger partial charge in [0.1, 0.15) is 6.04 Å². The maximum atomic E-state index is 11.7. The number of hydrogen-bond donors (Lipinski definition) is 1. The molecule has 1 rings (SSSR count). The smallest absolute Gasteiger partial charge is 0.323 e. The van der Waals surface area contributed by atoms with E-state index in [0.717, 1.165) is 11.7 Å². The van der Waals surface area contributed by atoms with Crippen LogP contribution in [0.5, 0.6) is 0 Å². The zero-order valence-corrected chi connectivity index (χ0v) is 11.3. The first kappa shape index (κ1) is 14.1. The summed E-state index contributed by atoms with van der Waals surface area (Å²) >= 11 is 1.54. The molecule has 1 aromatic heterocycles. The molecule has 0 amide bonds. The quantitative estimate of drug-likeness (QED) is 0.584. The molecule has 0 aliphatic rings. The van der Waals surface area contributed by atoms with Crippen LogP contribution < -0.4 is 5.32 Å². The standard InChI is InChI=1S/C11H19N3O2S/c1-4-12-9(10(15)16-5-2)8-17-11-13-6-7-14(11)3/h6-7,9,12H,4-5,8H2,1-3H3. The van der Waals surface area contributed by atoms with Gasteiger partial charge in [-0.25, -0.2) is 4.98 Å². The number of esters is 1. The molecule has 0 aliphatic carbocycles. The molecule has 17 heavy (non-hydrogen) atoms. The van der Waals surface area contributed by atoms with Crippen molar-refractivity contribution < 1.29 is 9.53 Å². The Kier molecular flexibility index (Phi) is 6.07. The number of imidazole rings is 1. The molecule has 1 atom stereocenters. The minimum Gasteiger partial charge on any atom is -0.465 e. The number of aryl methyl sites for hydroxylation is 1. The number of likely N-dealkylation sites (N-methyl/N-ethyl adjacent to an activating group) is 1. The number of nitrogens with zero attached hydrogens (tertiary/aromatic N) is 2. The maximum Gasteiger partial charge on any atom is 0.323 e. The van der Waals surface area contributed by atoms with Gasteiger partial charge in [-0.3, -0.25) is 4.79 Å². The largest absolute Gasteiger partial charge is 0.465 e. The van der Waals surface area contributed by atoms with Gasteiger partial charge in [-0.15, -0.1) is 0 Å². The van der Waals surface area contributed by atoms with Crippen molar-refractivity contribution in [2.45, 2.75) is 25.0 Å². The van der Waals surface area contributed by atoms with Gasteiger partial charge in [0.25, 0.3) is 0 Å². The van der Waals surface area contributed by atoms with Crippen LogP contribution in [0.15, 0.2) is 17.6 Å². The highest BCUT2D eigenvalue weighted by Crippen LogP contribution is 2.15. The molecule has 0 bridgehead atoms. The molecule has 0 saturated carbocycles. The molecule has 1 N–H and O–H groups in total. The molecule has 0 aromatic carbocycles. The van der Waals surface area contributed by atoms with Crippen molar-refractivity contribution >= 4 is 17.7 Å². The average molecular weight is 257 g/mol. The van der Waals surface area contributed by atoms with Crippen molar-refractivity contribution in [3.05, 3.63) is 12.4 Å². The predicted molar refractivity (Wildman–Crippen MR) is 68.0 cm³/mol. The number of carbonyl (C=O) groups is 1. The maximum absolute atomic E-state index is 11.7. The van der Waals surface area contributed by atoms with Crippen LogP contribution >= 0.6 is 11.8 Å². The van der Waals surface area contributed by atoms with Gasteiger partial charge in [-0.05, 0) is 13.5 Å². The summed E-state index contributed by atoms with van der Waals surface area (Å²) in [6, 6.07) is -0.276. The summed E-state index contributed by atoms with van der Waals surface area (Å²) in [5.41, 5.74) is 0. The molecule has 0 aliphatic heterocycles. The topological polar surface area (TPSA) is 56.2 Å². The monoisotopic (exact) mass is 257 g/mol. The number of ether oxygens (including phenoxy) is 1. The van der Waals surface area contributed by atoms with Crippen molar-refractivity contribution in [2.75, 3.05) is 18.9 Å². The number of hydrogen-bond acceptors (Lipinski definition) is 5. The van der Waals surface area contributed by atoms with Crippen LogP contribution in [0.25, 0.3) is 0 Å². The third kappa shape index (κ3) is 4.40. The third-order valence-corrected chi connectivity index (χ3v) is 3.33. The minimum atomic E-state index is -0.276. The van der Waals surface area contributed by atoms with Crippen LogP contribution in [0.1, 0.15) is 13.8 Å². The van der Waals surface area contributed by atoms with Gasteiger partial charge < -0.3 is 14.6 Å². The second kappa shape index (κ2) is 7.34. The van der Waals surface area contributed by atoms with Gasteiger partial charge in [0.15, 0.2) is 5.16 Å². The molecule has 1 heterocycles. The summed E-state index contributed by atoms with van der Waals surface area (Å²) < 4.78 is 6.94. The fourth-order valence-electron chi connectivity index (χ4n) is 1.35. The summed E-state index contributed by atoms with van der Waals surface area (Å²) in [5, 5.41) is 4.02. The number of thioether (sulfide) groups is 1. The Morgan fingerprint density at radius 3 is 2.94 bits per heavy atom. The Hall–Kier alpha value is -1.01. The first-order chi connectivity index (χ1) is 8.19. The first-order valence-electron chi connectivity index (χ1n) is 5.69. The van der Waals surface area contributed by atoms with E-state index in [2.05, 4.69) is 10.3 Å². The summed E-state index contributed by atoms with van der Waals surface area (Å²) in [5.74, 6) is 0.424. The predicted octanol–water partition coefficient (Wildman–Crippen LogP) is 1.05. The number of carbonyl (C=O) groups excluding carboxylic acids is 1. The van der Waals surface area contributed by atoms with E-state index < -0.39 is 0 Å². The molecule has 0 radical (unpaired) electrons. The molecule has 1 aromatic rings. The fraction of sp³-hybridized carbons (Fsp3) is 0.636. The number of aromatic nitrogens is 2. The van der Waals surface area contributed by atoms with E-state index in [1.165, 1.54) is 0 Å². The number of nitrogens with one attached hydrogen (secondary N) is 1. The second-order valence-corrected chi connectivity index (χ2v) is 4.48. The van der Waals surface area contributed by atoms with E-state index in [-0.39, 0.29) is 12.0 Å². The van der Waals surface area contributed by atoms with Gasteiger partial charge in [-0.2, -0.15) is 0 Å². The van der Waals surface area contributed by atoms with Crippen LogP contribution in [0.4, 0.5) is 0 Å². The molecular weight excluding hydrogens is 238 g/mol. The lowest BCUT2D eigenvalue weighted by Crippen LogP contribution is -2.40. The van der Waals surface area contributed by atoms with Crippen LogP contribution in [-0.4, -0.2) is 40.5 Å². The Balaban J connectivity index is 2.49. The van der Waals surface area contributed by atoms with Gasteiger partial charge in [0.2, 0.25) is 0 Å². The molecule has 6 heteroatoms. The van der Waals surface area contributed by atoms with Crippen LogP contribution in [0, 0.1) is 0 Å². The Bertz CT molecular complexity index is 354. The first-order valence-corrected chi connectivity index (χ1v) is 6.67. The van der Waals surface area contributed by atoms with Crippen molar-refractivity contribution in [3.8, 4) is 0 Å². The fourth-order valence-corrected chi connectivity index (χ4v) is 2.32. The second-order valence-electron chi connectivity index (χ2n) is 3.49. The number of rotatable bonds is 7. The zero-order chi connectivity index (χ0) is 12.7.